The number of anilines is 2. The summed E-state index contributed by atoms with van der Waals surface area (Å²) in [5.41, 5.74) is 4.04. The molecule has 0 aliphatic rings. The van der Waals surface area contributed by atoms with Crippen LogP contribution in [0, 0.1) is 25.6 Å². The van der Waals surface area contributed by atoms with Crippen molar-refractivity contribution in [3.63, 3.8) is 0 Å². The van der Waals surface area contributed by atoms with E-state index in [1.807, 2.05) is 77.0 Å². The van der Waals surface area contributed by atoms with Crippen LogP contribution in [0.3, 0.4) is 0 Å². The second-order valence-electron chi connectivity index (χ2n) is 9.49. The van der Waals surface area contributed by atoms with Crippen LogP contribution in [-0.2, 0) is 16.1 Å². The van der Waals surface area contributed by atoms with Crippen LogP contribution in [-0.4, -0.2) is 52.6 Å². The zero-order valence-corrected chi connectivity index (χ0v) is 23.0. The van der Waals surface area contributed by atoms with Crippen LogP contribution in [0.2, 0.25) is 0 Å². The first-order chi connectivity index (χ1) is 17.5. The van der Waals surface area contributed by atoms with E-state index in [0.29, 0.717) is 10.8 Å². The lowest BCUT2D eigenvalue weighted by molar-refractivity contribution is -0.138. The number of rotatable bonds is 10. The predicted molar refractivity (Wildman–Crippen MR) is 147 cm³/mol. The highest BCUT2D eigenvalue weighted by Crippen LogP contribution is 2.23. The van der Waals surface area contributed by atoms with Crippen molar-refractivity contribution in [3.8, 4) is 0 Å². The van der Waals surface area contributed by atoms with Gasteiger partial charge in [-0.25, -0.2) is 14.4 Å². The fourth-order valence-electron chi connectivity index (χ4n) is 3.96. The normalized spacial score (nSPS) is 11.8. The standard InChI is InChI=1S/C28H34FN5O2S/c1-18(2)26(27(36)32-23-11-13-24(14-12-23)33(5)6)34(16-21-7-9-22(29)10-8-21)25(35)17-37-28-30-19(3)15-20(4)31-28/h7-15,18,26H,16-17H2,1-6H3,(H,32,36)/t26-/m0/s1. The molecule has 7 nitrogen and oxygen atoms in total. The molecular formula is C28H34FN5O2S. The fraction of sp³-hybridized carbons (Fsp3) is 0.357. The monoisotopic (exact) mass is 523 g/mol. The minimum Gasteiger partial charge on any atom is -0.378 e. The number of carbonyl (C=O) groups excluding carboxylic acids is 2. The van der Waals surface area contributed by atoms with Gasteiger partial charge in [0.15, 0.2) is 5.16 Å². The molecule has 3 rings (SSSR count). The van der Waals surface area contributed by atoms with Gasteiger partial charge in [-0.1, -0.05) is 37.7 Å². The van der Waals surface area contributed by atoms with Crippen molar-refractivity contribution in [1.29, 1.82) is 0 Å². The summed E-state index contributed by atoms with van der Waals surface area (Å²) in [4.78, 5) is 39.4. The van der Waals surface area contributed by atoms with E-state index in [1.54, 1.807) is 17.0 Å². The Bertz CT molecular complexity index is 1200. The van der Waals surface area contributed by atoms with Crippen molar-refractivity contribution >= 4 is 35.0 Å². The Morgan fingerprint density at radius 3 is 2.11 bits per heavy atom. The molecule has 37 heavy (non-hydrogen) atoms. The number of nitrogens with zero attached hydrogens (tertiary/aromatic N) is 4. The Morgan fingerprint density at radius 1 is 0.973 bits per heavy atom. The molecule has 0 bridgehead atoms. The van der Waals surface area contributed by atoms with E-state index in [9.17, 15) is 14.0 Å². The summed E-state index contributed by atoms with van der Waals surface area (Å²) in [6.45, 7) is 7.75. The first kappa shape index (κ1) is 28.1. The molecule has 0 aliphatic heterocycles. The van der Waals surface area contributed by atoms with Crippen LogP contribution >= 0.6 is 11.8 Å². The van der Waals surface area contributed by atoms with Gasteiger partial charge in [0.1, 0.15) is 11.9 Å². The highest BCUT2D eigenvalue weighted by molar-refractivity contribution is 7.99. The van der Waals surface area contributed by atoms with Gasteiger partial charge in [0.2, 0.25) is 11.8 Å². The molecule has 9 heteroatoms. The summed E-state index contributed by atoms with van der Waals surface area (Å²) >= 11 is 1.24. The minimum absolute atomic E-state index is 0.0676. The van der Waals surface area contributed by atoms with Gasteiger partial charge in [0, 0.05) is 43.4 Å². The van der Waals surface area contributed by atoms with Crippen LogP contribution < -0.4 is 10.2 Å². The molecule has 0 unspecified atom stereocenters. The molecule has 2 amide bonds. The molecule has 3 aromatic rings. The lowest BCUT2D eigenvalue weighted by Gasteiger charge is -2.33. The summed E-state index contributed by atoms with van der Waals surface area (Å²) in [5.74, 6) is -0.973. The van der Waals surface area contributed by atoms with Gasteiger partial charge in [0.05, 0.1) is 5.75 Å². The molecule has 0 aliphatic carbocycles. The third-order valence-corrected chi connectivity index (χ3v) is 6.59. The van der Waals surface area contributed by atoms with Gasteiger partial charge in [-0.2, -0.15) is 0 Å². The van der Waals surface area contributed by atoms with Gasteiger partial charge >= 0.3 is 0 Å². The summed E-state index contributed by atoms with van der Waals surface area (Å²) in [7, 11) is 3.89. The number of halogens is 1. The summed E-state index contributed by atoms with van der Waals surface area (Å²) in [6, 6.07) is 14.6. The number of carbonyl (C=O) groups is 2. The van der Waals surface area contributed by atoms with Gasteiger partial charge in [-0.05, 0) is 67.8 Å². The van der Waals surface area contributed by atoms with Crippen LogP contribution in [0.1, 0.15) is 30.8 Å². The van der Waals surface area contributed by atoms with Crippen molar-refractivity contribution in [1.82, 2.24) is 14.9 Å². The van der Waals surface area contributed by atoms with Gasteiger partial charge < -0.3 is 15.1 Å². The number of thioether (sulfide) groups is 1. The quantitative estimate of drug-likeness (QED) is 0.295. The fourth-order valence-corrected chi connectivity index (χ4v) is 4.79. The first-order valence-corrected chi connectivity index (χ1v) is 13.1. The summed E-state index contributed by atoms with van der Waals surface area (Å²) in [5, 5.41) is 3.48. The molecule has 0 saturated heterocycles. The van der Waals surface area contributed by atoms with E-state index in [1.165, 1.54) is 23.9 Å². The number of hydrogen-bond acceptors (Lipinski definition) is 6. The Balaban J connectivity index is 1.85. The van der Waals surface area contributed by atoms with E-state index in [0.717, 1.165) is 22.6 Å². The number of aryl methyl sites for hydroxylation is 2. The molecule has 1 aromatic heterocycles. The topological polar surface area (TPSA) is 78.4 Å². The zero-order chi connectivity index (χ0) is 27.1. The highest BCUT2D eigenvalue weighted by atomic mass is 32.2. The van der Waals surface area contributed by atoms with Crippen LogP contribution in [0.25, 0.3) is 0 Å². The number of hydrogen-bond donors (Lipinski definition) is 1. The lowest BCUT2D eigenvalue weighted by Crippen LogP contribution is -2.50. The maximum atomic E-state index is 13.6. The number of aromatic nitrogens is 2. The predicted octanol–water partition coefficient (Wildman–Crippen LogP) is 5.08. The van der Waals surface area contributed by atoms with Crippen molar-refractivity contribution < 1.29 is 14.0 Å². The summed E-state index contributed by atoms with van der Waals surface area (Å²) in [6.07, 6.45) is 0. The molecule has 196 valence electrons. The smallest absolute Gasteiger partial charge is 0.247 e. The van der Waals surface area contributed by atoms with E-state index in [4.69, 9.17) is 0 Å². The lowest BCUT2D eigenvalue weighted by atomic mass is 10.00. The Hall–Kier alpha value is -3.46. The van der Waals surface area contributed by atoms with Crippen LogP contribution in [0.5, 0.6) is 0 Å². The molecular weight excluding hydrogens is 489 g/mol. The van der Waals surface area contributed by atoms with Crippen molar-refractivity contribution in [2.45, 2.75) is 45.4 Å². The van der Waals surface area contributed by atoms with Crippen LogP contribution in [0.4, 0.5) is 15.8 Å². The van der Waals surface area contributed by atoms with Gasteiger partial charge in [-0.15, -0.1) is 0 Å². The molecule has 1 N–H and O–H groups in total. The van der Waals surface area contributed by atoms with E-state index < -0.39 is 6.04 Å². The molecule has 0 radical (unpaired) electrons. The number of benzene rings is 2. The summed E-state index contributed by atoms with van der Waals surface area (Å²) < 4.78 is 13.5. The van der Waals surface area contributed by atoms with Crippen molar-refractivity contribution in [2.75, 3.05) is 30.1 Å². The van der Waals surface area contributed by atoms with E-state index >= 15 is 0 Å². The maximum Gasteiger partial charge on any atom is 0.247 e. The first-order valence-electron chi connectivity index (χ1n) is 12.1. The Labute approximate surface area is 222 Å². The average molecular weight is 524 g/mol. The average Bonchev–Trinajstić information content (AvgIpc) is 2.83. The SMILES string of the molecule is Cc1cc(C)nc(SCC(=O)N(Cc2ccc(F)cc2)[C@H](C(=O)Nc2ccc(N(C)C)cc2)C(C)C)n1. The third-order valence-electron chi connectivity index (χ3n) is 5.76. The molecule has 1 heterocycles. The Morgan fingerprint density at radius 2 is 1.57 bits per heavy atom. The number of amides is 2. The number of nitrogens with one attached hydrogen (secondary N) is 1. The molecule has 0 fully saturated rings. The van der Waals surface area contributed by atoms with E-state index in [-0.39, 0.29) is 35.8 Å². The van der Waals surface area contributed by atoms with Gasteiger partial charge in [-0.3, -0.25) is 9.59 Å². The zero-order valence-electron chi connectivity index (χ0n) is 22.2. The molecule has 1 atom stereocenters. The molecule has 0 spiro atoms. The second-order valence-corrected chi connectivity index (χ2v) is 10.4. The van der Waals surface area contributed by atoms with Gasteiger partial charge in [0.25, 0.3) is 0 Å². The Kier molecular flexibility index (Phi) is 9.63. The van der Waals surface area contributed by atoms with Crippen molar-refractivity contribution in [2.24, 2.45) is 5.92 Å². The van der Waals surface area contributed by atoms with Crippen molar-refractivity contribution in [3.05, 3.63) is 77.4 Å². The molecule has 2 aromatic carbocycles. The largest absolute Gasteiger partial charge is 0.378 e. The van der Waals surface area contributed by atoms with E-state index in [2.05, 4.69) is 15.3 Å². The second kappa shape index (κ2) is 12.7. The molecule has 0 saturated carbocycles. The third kappa shape index (κ3) is 8.01. The van der Waals surface area contributed by atoms with Crippen LogP contribution in [0.15, 0.2) is 59.8 Å². The highest BCUT2D eigenvalue weighted by Gasteiger charge is 2.33. The maximum absolute atomic E-state index is 13.6. The minimum atomic E-state index is -0.744.